The molecule has 1 aromatic heterocycles. The van der Waals surface area contributed by atoms with Crippen molar-refractivity contribution in [1.29, 1.82) is 0 Å². The lowest BCUT2D eigenvalue weighted by Gasteiger charge is -1.94. The van der Waals surface area contributed by atoms with Crippen molar-refractivity contribution in [2.75, 3.05) is 13.3 Å². The molecule has 0 aliphatic carbocycles. The highest BCUT2D eigenvalue weighted by atomic mass is 19.1. The molecule has 0 aromatic carbocycles. The summed E-state index contributed by atoms with van der Waals surface area (Å²) in [5.74, 6) is 0. The Balaban J connectivity index is 2.15. The van der Waals surface area contributed by atoms with Crippen molar-refractivity contribution in [3.8, 4) is 0 Å². The average Bonchev–Trinajstić information content (AvgIpc) is 2.41. The van der Waals surface area contributed by atoms with E-state index in [2.05, 4.69) is 15.4 Å². The van der Waals surface area contributed by atoms with E-state index in [9.17, 15) is 4.39 Å². The van der Waals surface area contributed by atoms with Gasteiger partial charge in [-0.3, -0.25) is 0 Å². The second-order valence-corrected chi connectivity index (χ2v) is 1.70. The van der Waals surface area contributed by atoms with Gasteiger partial charge >= 0.3 is 0 Å². The predicted molar refractivity (Wildman–Crippen MR) is 32.0 cm³/mol. The molecule has 0 unspecified atom stereocenters. The lowest BCUT2D eigenvalue weighted by Crippen LogP contribution is -1.96. The van der Waals surface area contributed by atoms with Gasteiger partial charge < -0.3 is 4.74 Å². The molecule has 0 amide bonds. The van der Waals surface area contributed by atoms with Crippen LogP contribution in [0.5, 0.6) is 0 Å². The van der Waals surface area contributed by atoms with Gasteiger partial charge in [0.15, 0.2) is 0 Å². The predicted octanol–water partition coefficient (Wildman–Crippen LogP) is 0.291. The van der Waals surface area contributed by atoms with E-state index >= 15 is 0 Å². The Labute approximate surface area is 57.4 Å². The summed E-state index contributed by atoms with van der Waals surface area (Å²) >= 11 is 0. The standard InChI is InChI=1S/C5H8FN3O/c6-1-2-10-4-5-3-7-9-8-5/h3H,1-2,4H2,(H,7,8,9). The quantitative estimate of drug-likeness (QED) is 0.619. The van der Waals surface area contributed by atoms with Crippen molar-refractivity contribution >= 4 is 0 Å². The maximum absolute atomic E-state index is 11.5. The van der Waals surface area contributed by atoms with E-state index in [-0.39, 0.29) is 6.61 Å². The fourth-order valence-corrected chi connectivity index (χ4v) is 0.526. The number of aromatic amines is 1. The van der Waals surface area contributed by atoms with Gasteiger partial charge in [0.25, 0.3) is 0 Å². The van der Waals surface area contributed by atoms with Crippen LogP contribution >= 0.6 is 0 Å². The molecular weight excluding hydrogens is 137 g/mol. The van der Waals surface area contributed by atoms with Crippen LogP contribution in [-0.4, -0.2) is 28.7 Å². The molecule has 1 rings (SSSR count). The van der Waals surface area contributed by atoms with Gasteiger partial charge in [-0.05, 0) is 0 Å². The fraction of sp³-hybridized carbons (Fsp3) is 0.600. The third-order valence-corrected chi connectivity index (χ3v) is 0.936. The Hall–Kier alpha value is -0.970. The first-order valence-corrected chi connectivity index (χ1v) is 2.92. The zero-order valence-corrected chi connectivity index (χ0v) is 5.38. The minimum absolute atomic E-state index is 0.118. The van der Waals surface area contributed by atoms with Gasteiger partial charge in [0.05, 0.1) is 19.4 Å². The average molecular weight is 145 g/mol. The summed E-state index contributed by atoms with van der Waals surface area (Å²) in [4.78, 5) is 0. The number of alkyl halides is 1. The Morgan fingerprint density at radius 3 is 3.20 bits per heavy atom. The van der Waals surface area contributed by atoms with E-state index in [0.29, 0.717) is 12.3 Å². The number of halogens is 1. The van der Waals surface area contributed by atoms with E-state index < -0.39 is 6.67 Å². The van der Waals surface area contributed by atoms with Crippen LogP contribution in [0.25, 0.3) is 0 Å². The van der Waals surface area contributed by atoms with E-state index in [1.54, 1.807) is 0 Å². The molecule has 56 valence electrons. The number of nitrogens with zero attached hydrogens (tertiary/aromatic N) is 2. The molecule has 0 atom stereocenters. The Morgan fingerprint density at radius 1 is 1.70 bits per heavy atom. The Kier molecular flexibility index (Phi) is 2.82. The molecule has 0 bridgehead atoms. The Bertz CT molecular complexity index is 165. The first-order valence-electron chi connectivity index (χ1n) is 2.92. The number of hydrogen-bond acceptors (Lipinski definition) is 3. The van der Waals surface area contributed by atoms with E-state index in [0.717, 1.165) is 0 Å². The van der Waals surface area contributed by atoms with Crippen LogP contribution in [0.4, 0.5) is 4.39 Å². The minimum Gasteiger partial charge on any atom is -0.372 e. The lowest BCUT2D eigenvalue weighted by atomic mass is 10.5. The molecule has 0 saturated carbocycles. The largest absolute Gasteiger partial charge is 0.372 e. The van der Waals surface area contributed by atoms with Crippen molar-refractivity contribution in [2.24, 2.45) is 0 Å². The molecule has 0 aliphatic heterocycles. The summed E-state index contributed by atoms with van der Waals surface area (Å²) in [7, 11) is 0. The van der Waals surface area contributed by atoms with Gasteiger partial charge in [0, 0.05) is 0 Å². The molecule has 1 aromatic rings. The number of nitrogens with one attached hydrogen (secondary N) is 1. The maximum atomic E-state index is 11.5. The molecule has 1 heterocycles. The summed E-state index contributed by atoms with van der Waals surface area (Å²) in [6, 6.07) is 0. The number of hydrogen-bond donors (Lipinski definition) is 1. The number of aromatic nitrogens is 3. The molecule has 0 saturated heterocycles. The molecule has 10 heavy (non-hydrogen) atoms. The zero-order chi connectivity index (χ0) is 7.23. The molecule has 1 N–H and O–H groups in total. The maximum Gasteiger partial charge on any atom is 0.113 e. The smallest absolute Gasteiger partial charge is 0.113 e. The van der Waals surface area contributed by atoms with E-state index in [4.69, 9.17) is 4.74 Å². The minimum atomic E-state index is -0.460. The van der Waals surface area contributed by atoms with Crippen LogP contribution in [0.3, 0.4) is 0 Å². The second kappa shape index (κ2) is 3.94. The van der Waals surface area contributed by atoms with Crippen LogP contribution < -0.4 is 0 Å². The SMILES string of the molecule is FCCOCc1cn[nH]n1. The topological polar surface area (TPSA) is 50.8 Å². The van der Waals surface area contributed by atoms with Gasteiger partial charge in [-0.25, -0.2) is 4.39 Å². The third kappa shape index (κ3) is 2.10. The van der Waals surface area contributed by atoms with Crippen LogP contribution in [0, 0.1) is 0 Å². The first-order chi connectivity index (χ1) is 4.93. The highest BCUT2D eigenvalue weighted by Gasteiger charge is 1.93. The lowest BCUT2D eigenvalue weighted by molar-refractivity contribution is 0.104. The highest BCUT2D eigenvalue weighted by molar-refractivity contribution is 4.86. The molecule has 4 nitrogen and oxygen atoms in total. The zero-order valence-electron chi connectivity index (χ0n) is 5.38. The molecule has 0 radical (unpaired) electrons. The third-order valence-electron chi connectivity index (χ3n) is 0.936. The second-order valence-electron chi connectivity index (χ2n) is 1.70. The van der Waals surface area contributed by atoms with E-state index in [1.807, 2.05) is 0 Å². The number of ether oxygens (including phenoxy) is 1. The summed E-state index contributed by atoms with van der Waals surface area (Å²) in [6.07, 6.45) is 1.54. The van der Waals surface area contributed by atoms with Gasteiger partial charge in [0.2, 0.25) is 0 Å². The normalized spacial score (nSPS) is 10.1. The van der Waals surface area contributed by atoms with Crippen LogP contribution in [-0.2, 0) is 11.3 Å². The van der Waals surface area contributed by atoms with Gasteiger partial charge in [-0.1, -0.05) is 0 Å². The fourth-order valence-electron chi connectivity index (χ4n) is 0.526. The van der Waals surface area contributed by atoms with Crippen molar-refractivity contribution in [1.82, 2.24) is 15.4 Å². The monoisotopic (exact) mass is 145 g/mol. The van der Waals surface area contributed by atoms with Gasteiger partial charge in [-0.2, -0.15) is 15.4 Å². The van der Waals surface area contributed by atoms with Crippen molar-refractivity contribution < 1.29 is 9.13 Å². The van der Waals surface area contributed by atoms with Crippen molar-refractivity contribution in [2.45, 2.75) is 6.61 Å². The molecule has 0 aliphatic rings. The number of rotatable bonds is 4. The van der Waals surface area contributed by atoms with Crippen LogP contribution in [0.15, 0.2) is 6.20 Å². The molecule has 5 heteroatoms. The van der Waals surface area contributed by atoms with Crippen molar-refractivity contribution in [3.63, 3.8) is 0 Å². The summed E-state index contributed by atoms with van der Waals surface area (Å²) in [5.41, 5.74) is 0.688. The molecular formula is C5H8FN3O. The summed E-state index contributed by atoms with van der Waals surface area (Å²) < 4.78 is 16.3. The van der Waals surface area contributed by atoms with Crippen LogP contribution in [0.2, 0.25) is 0 Å². The van der Waals surface area contributed by atoms with E-state index in [1.165, 1.54) is 6.20 Å². The Morgan fingerprint density at radius 2 is 2.60 bits per heavy atom. The number of H-pyrrole nitrogens is 1. The first kappa shape index (κ1) is 7.14. The van der Waals surface area contributed by atoms with Crippen molar-refractivity contribution in [3.05, 3.63) is 11.9 Å². The molecule has 0 fully saturated rings. The summed E-state index contributed by atoms with van der Waals surface area (Å²) in [5, 5.41) is 9.68. The summed E-state index contributed by atoms with van der Waals surface area (Å²) in [6.45, 7) is -0.0227. The highest BCUT2D eigenvalue weighted by Crippen LogP contribution is 1.91. The molecule has 0 spiro atoms. The van der Waals surface area contributed by atoms with Gasteiger partial charge in [0.1, 0.15) is 12.4 Å². The van der Waals surface area contributed by atoms with Crippen LogP contribution in [0.1, 0.15) is 5.69 Å². The van der Waals surface area contributed by atoms with Gasteiger partial charge in [-0.15, -0.1) is 0 Å².